The highest BCUT2D eigenvalue weighted by Gasteiger charge is 2.56. The molecule has 0 bridgehead atoms. The molecule has 0 fully saturated rings. The second-order valence-corrected chi connectivity index (χ2v) is 9.68. The monoisotopic (exact) mass is 549 g/mol. The molecule has 1 aliphatic rings. The number of amides is 1. The Morgan fingerprint density at radius 3 is 2.34 bits per heavy atom. The number of likely N-dealkylation sites (N-methyl/N-ethyl adjacent to an activating group) is 1. The fourth-order valence-corrected chi connectivity index (χ4v) is 4.94. The molecule has 0 N–H and O–H groups in total. The highest BCUT2D eigenvalue weighted by molar-refractivity contribution is 6.31. The molecule has 0 aliphatic carbocycles. The molecule has 4 rings (SSSR count). The molecule has 38 heavy (non-hydrogen) atoms. The van der Waals surface area contributed by atoms with E-state index < -0.39 is 29.3 Å². The van der Waals surface area contributed by atoms with E-state index in [4.69, 9.17) is 16.3 Å². The van der Waals surface area contributed by atoms with E-state index in [2.05, 4.69) is 4.74 Å². The van der Waals surface area contributed by atoms with Crippen LogP contribution in [0, 0.1) is 5.82 Å². The Bertz CT molecular complexity index is 1420. The van der Waals surface area contributed by atoms with Crippen molar-refractivity contribution in [2.24, 2.45) is 0 Å². The highest BCUT2D eigenvalue weighted by atomic mass is 35.5. The van der Waals surface area contributed by atoms with Crippen LogP contribution in [-0.2, 0) is 14.9 Å². The Hall–Kier alpha value is -3.59. The van der Waals surface area contributed by atoms with Crippen LogP contribution in [0.2, 0.25) is 5.02 Å². The van der Waals surface area contributed by atoms with Crippen molar-refractivity contribution in [1.82, 2.24) is 0 Å². The number of fused-ring (bicyclic) bond motifs is 1. The molecular weight excluding hydrogens is 526 g/mol. The van der Waals surface area contributed by atoms with Gasteiger partial charge in [0.1, 0.15) is 11.6 Å². The number of halogens is 5. The number of carbonyl (C=O) groups excluding carboxylic acids is 2. The van der Waals surface area contributed by atoms with Gasteiger partial charge < -0.3 is 14.4 Å². The molecule has 2 atom stereocenters. The van der Waals surface area contributed by atoms with E-state index in [1.807, 2.05) is 0 Å². The average molecular weight is 550 g/mol. The first-order valence-corrected chi connectivity index (χ1v) is 12.0. The van der Waals surface area contributed by atoms with Crippen molar-refractivity contribution in [3.05, 3.63) is 82.1 Å². The zero-order chi connectivity index (χ0) is 28.0. The molecule has 1 amide bonds. The first-order chi connectivity index (χ1) is 17.8. The summed E-state index contributed by atoms with van der Waals surface area (Å²) in [7, 11) is 2.62. The van der Waals surface area contributed by atoms with Gasteiger partial charge in [-0.25, -0.2) is 9.18 Å². The molecule has 0 radical (unpaired) electrons. The predicted molar refractivity (Wildman–Crippen MR) is 135 cm³/mol. The highest BCUT2D eigenvalue weighted by Crippen LogP contribution is 2.53. The molecule has 200 valence electrons. The minimum atomic E-state index is -4.69. The fraction of sp³-hybridized carbons (Fsp3) is 0.286. The lowest BCUT2D eigenvalue weighted by Gasteiger charge is -2.39. The van der Waals surface area contributed by atoms with Crippen LogP contribution in [0.25, 0.3) is 11.1 Å². The van der Waals surface area contributed by atoms with Gasteiger partial charge in [-0.05, 0) is 59.5 Å². The Morgan fingerprint density at radius 2 is 1.74 bits per heavy atom. The third-order valence-corrected chi connectivity index (χ3v) is 7.60. The van der Waals surface area contributed by atoms with Crippen LogP contribution < -0.4 is 9.64 Å². The van der Waals surface area contributed by atoms with Gasteiger partial charge in [0.05, 0.1) is 23.8 Å². The number of hydrogen-bond acceptors (Lipinski definition) is 4. The van der Waals surface area contributed by atoms with Crippen molar-refractivity contribution < 1.29 is 36.6 Å². The Kier molecular flexibility index (Phi) is 7.18. The minimum Gasteiger partial charge on any atom is -0.482 e. The number of nitrogens with zero attached hydrogens (tertiary/aromatic N) is 1. The molecular formula is C28H24ClF4NO4. The summed E-state index contributed by atoms with van der Waals surface area (Å²) >= 11 is 6.51. The Morgan fingerprint density at radius 1 is 1.08 bits per heavy atom. The number of methoxy groups -OCH3 is 1. The zero-order valence-corrected chi connectivity index (χ0v) is 21.7. The lowest BCUT2D eigenvalue weighted by Crippen LogP contribution is -2.44. The van der Waals surface area contributed by atoms with Gasteiger partial charge in [-0.2, -0.15) is 13.2 Å². The van der Waals surface area contributed by atoms with Crippen molar-refractivity contribution in [1.29, 1.82) is 0 Å². The minimum absolute atomic E-state index is 0.0537. The van der Waals surface area contributed by atoms with Gasteiger partial charge in [0, 0.05) is 18.0 Å². The van der Waals surface area contributed by atoms with Crippen molar-refractivity contribution in [3.8, 4) is 16.9 Å². The SMILES string of the molecule is COC(=O)c1ccc(-c2ccc([C@H](C)[C@](C)(c3ccc4c(c3)N(C)C(=O)CO4)C(F)(F)F)c(Cl)c2)cc1F. The van der Waals surface area contributed by atoms with Crippen molar-refractivity contribution in [3.63, 3.8) is 0 Å². The molecule has 0 aromatic heterocycles. The molecule has 1 heterocycles. The number of esters is 1. The lowest BCUT2D eigenvalue weighted by molar-refractivity contribution is -0.191. The van der Waals surface area contributed by atoms with Crippen LogP contribution in [0.15, 0.2) is 54.6 Å². The summed E-state index contributed by atoms with van der Waals surface area (Å²) < 4.78 is 68.6. The first-order valence-electron chi connectivity index (χ1n) is 11.6. The summed E-state index contributed by atoms with van der Waals surface area (Å²) in [6, 6.07) is 12.5. The standard InChI is InChI=1S/C28H24ClF4NO4/c1-15(19-8-5-16(11-21(19)29)17-6-9-20(22(30)12-17)26(36)37-4)27(2,28(31,32)33)18-7-10-24-23(13-18)34(3)25(35)14-38-24/h5-13,15H,14H2,1-4H3/t15-,27+/m0/s1. The lowest BCUT2D eigenvalue weighted by atomic mass is 9.69. The van der Waals surface area contributed by atoms with Crippen molar-refractivity contribution in [2.75, 3.05) is 25.7 Å². The maximum absolute atomic E-state index is 14.8. The van der Waals surface area contributed by atoms with Crippen LogP contribution in [0.5, 0.6) is 5.75 Å². The molecule has 0 saturated carbocycles. The van der Waals surface area contributed by atoms with E-state index >= 15 is 0 Å². The Labute approximate surface area is 221 Å². The van der Waals surface area contributed by atoms with Gasteiger partial charge >= 0.3 is 12.1 Å². The van der Waals surface area contributed by atoms with E-state index in [1.54, 1.807) is 6.07 Å². The predicted octanol–water partition coefficient (Wildman–Crippen LogP) is 6.91. The summed E-state index contributed by atoms with van der Waals surface area (Å²) in [6.07, 6.45) is -4.69. The van der Waals surface area contributed by atoms with E-state index in [0.717, 1.165) is 20.1 Å². The third-order valence-electron chi connectivity index (χ3n) is 7.27. The largest absolute Gasteiger partial charge is 0.482 e. The van der Waals surface area contributed by atoms with Gasteiger partial charge in [0.15, 0.2) is 6.61 Å². The van der Waals surface area contributed by atoms with E-state index in [-0.39, 0.29) is 39.9 Å². The third kappa shape index (κ3) is 4.60. The molecule has 0 spiro atoms. The smallest absolute Gasteiger partial charge is 0.398 e. The number of hydrogen-bond donors (Lipinski definition) is 0. The number of benzene rings is 3. The van der Waals surface area contributed by atoms with Crippen molar-refractivity contribution >= 4 is 29.2 Å². The van der Waals surface area contributed by atoms with E-state index in [1.165, 1.54) is 61.3 Å². The first kappa shape index (κ1) is 27.4. The summed E-state index contributed by atoms with van der Waals surface area (Å²) in [4.78, 5) is 25.0. The molecule has 1 aliphatic heterocycles. The second-order valence-electron chi connectivity index (χ2n) is 9.27. The molecule has 3 aromatic rings. The van der Waals surface area contributed by atoms with E-state index in [0.29, 0.717) is 16.9 Å². The molecule has 5 nitrogen and oxygen atoms in total. The maximum atomic E-state index is 14.8. The van der Waals surface area contributed by atoms with Crippen LogP contribution in [0.3, 0.4) is 0 Å². The number of ether oxygens (including phenoxy) is 2. The van der Waals surface area contributed by atoms with E-state index in [9.17, 15) is 27.2 Å². The topological polar surface area (TPSA) is 55.8 Å². The molecule has 0 saturated heterocycles. The summed E-state index contributed by atoms with van der Waals surface area (Å²) in [5, 5.41) is 0.0662. The van der Waals surface area contributed by atoms with Gasteiger partial charge in [0.2, 0.25) is 0 Å². The number of anilines is 1. The second kappa shape index (κ2) is 9.94. The molecule has 10 heteroatoms. The van der Waals surface area contributed by atoms with Gasteiger partial charge in [-0.3, -0.25) is 4.79 Å². The Balaban J connectivity index is 1.75. The maximum Gasteiger partial charge on any atom is 0.398 e. The number of rotatable bonds is 5. The summed E-state index contributed by atoms with van der Waals surface area (Å²) in [6.45, 7) is 2.34. The van der Waals surface area contributed by atoms with Gasteiger partial charge in [-0.1, -0.05) is 42.8 Å². The number of alkyl halides is 3. The van der Waals surface area contributed by atoms with Crippen LogP contribution in [-0.4, -0.2) is 38.8 Å². The van der Waals surface area contributed by atoms with Gasteiger partial charge in [-0.15, -0.1) is 0 Å². The zero-order valence-electron chi connectivity index (χ0n) is 21.0. The molecule has 0 unspecified atom stereocenters. The van der Waals surface area contributed by atoms with Crippen LogP contribution in [0.1, 0.15) is 41.3 Å². The van der Waals surface area contributed by atoms with Crippen LogP contribution in [0.4, 0.5) is 23.2 Å². The summed E-state index contributed by atoms with van der Waals surface area (Å²) in [5.74, 6) is -2.82. The summed E-state index contributed by atoms with van der Waals surface area (Å²) in [5.41, 5.74) is -1.35. The average Bonchev–Trinajstić information content (AvgIpc) is 2.88. The van der Waals surface area contributed by atoms with Crippen LogP contribution >= 0.6 is 11.6 Å². The fourth-order valence-electron chi connectivity index (χ4n) is 4.59. The quantitative estimate of drug-likeness (QED) is 0.256. The molecule has 3 aromatic carbocycles. The number of carbonyl (C=O) groups is 2. The van der Waals surface area contributed by atoms with Crippen molar-refractivity contribution in [2.45, 2.75) is 31.4 Å². The normalized spacial score (nSPS) is 15.8. The van der Waals surface area contributed by atoms with Gasteiger partial charge in [0.25, 0.3) is 5.91 Å².